The molecule has 0 unspecified atom stereocenters. The molecule has 0 aliphatic heterocycles. The third kappa shape index (κ3) is 4.24. The van der Waals surface area contributed by atoms with E-state index in [1.165, 1.54) is 0 Å². The van der Waals surface area contributed by atoms with Gasteiger partial charge in [-0.1, -0.05) is 24.3 Å². The standard InChI is InChI=1S/C17H19NO3/c1-13-8-9-15(16(12-13)20-2)21-11-10-18-17(19)14-6-4-3-5-7-14/h3-9,12H,10-11H2,1-2H3,(H,18,19). The summed E-state index contributed by atoms with van der Waals surface area (Å²) in [6.07, 6.45) is 0. The van der Waals surface area contributed by atoms with Gasteiger partial charge < -0.3 is 14.8 Å². The first-order valence-electron chi connectivity index (χ1n) is 6.81. The molecule has 0 bridgehead atoms. The maximum atomic E-state index is 11.8. The molecule has 21 heavy (non-hydrogen) atoms. The molecule has 1 amide bonds. The number of rotatable bonds is 6. The number of benzene rings is 2. The monoisotopic (exact) mass is 285 g/mol. The van der Waals surface area contributed by atoms with E-state index in [-0.39, 0.29) is 5.91 Å². The molecule has 0 heterocycles. The molecule has 0 saturated heterocycles. The molecule has 2 aromatic carbocycles. The molecule has 0 aliphatic carbocycles. The van der Waals surface area contributed by atoms with Gasteiger partial charge in [-0.25, -0.2) is 0 Å². The van der Waals surface area contributed by atoms with Gasteiger partial charge in [0, 0.05) is 5.56 Å². The fourth-order valence-electron chi connectivity index (χ4n) is 1.91. The van der Waals surface area contributed by atoms with E-state index in [2.05, 4.69) is 5.32 Å². The number of amides is 1. The Morgan fingerprint density at radius 3 is 2.57 bits per heavy atom. The predicted octanol–water partition coefficient (Wildman–Crippen LogP) is 2.81. The smallest absolute Gasteiger partial charge is 0.251 e. The van der Waals surface area contributed by atoms with Gasteiger partial charge in [0.2, 0.25) is 0 Å². The van der Waals surface area contributed by atoms with Crippen LogP contribution in [0.3, 0.4) is 0 Å². The molecule has 4 nitrogen and oxygen atoms in total. The highest BCUT2D eigenvalue weighted by Gasteiger charge is 2.06. The van der Waals surface area contributed by atoms with Crippen molar-refractivity contribution in [3.05, 3.63) is 59.7 Å². The van der Waals surface area contributed by atoms with E-state index in [4.69, 9.17) is 9.47 Å². The zero-order valence-corrected chi connectivity index (χ0v) is 12.3. The first-order chi connectivity index (χ1) is 10.2. The van der Waals surface area contributed by atoms with Crippen molar-refractivity contribution in [2.24, 2.45) is 0 Å². The largest absolute Gasteiger partial charge is 0.493 e. The second-order valence-electron chi connectivity index (χ2n) is 4.62. The van der Waals surface area contributed by atoms with Crippen LogP contribution in [0.4, 0.5) is 0 Å². The van der Waals surface area contributed by atoms with E-state index in [0.29, 0.717) is 30.2 Å². The lowest BCUT2D eigenvalue weighted by Crippen LogP contribution is -2.28. The van der Waals surface area contributed by atoms with Gasteiger partial charge in [-0.2, -0.15) is 0 Å². The summed E-state index contributed by atoms with van der Waals surface area (Å²) in [6.45, 7) is 2.81. The summed E-state index contributed by atoms with van der Waals surface area (Å²) in [5.74, 6) is 1.27. The Morgan fingerprint density at radius 1 is 1.10 bits per heavy atom. The van der Waals surface area contributed by atoms with E-state index in [0.717, 1.165) is 5.56 Å². The molecule has 4 heteroatoms. The summed E-state index contributed by atoms with van der Waals surface area (Å²) < 4.78 is 10.9. The van der Waals surface area contributed by atoms with Crippen LogP contribution in [-0.4, -0.2) is 26.2 Å². The van der Waals surface area contributed by atoms with E-state index in [1.807, 2.05) is 43.3 Å². The predicted molar refractivity (Wildman–Crippen MR) is 82.0 cm³/mol. The Balaban J connectivity index is 1.81. The van der Waals surface area contributed by atoms with E-state index < -0.39 is 0 Å². The lowest BCUT2D eigenvalue weighted by molar-refractivity contribution is 0.0947. The van der Waals surface area contributed by atoms with Gasteiger partial charge in [-0.15, -0.1) is 0 Å². The van der Waals surface area contributed by atoms with Crippen LogP contribution < -0.4 is 14.8 Å². The van der Waals surface area contributed by atoms with Crippen molar-refractivity contribution in [2.45, 2.75) is 6.92 Å². The number of hydrogen-bond acceptors (Lipinski definition) is 3. The third-order valence-electron chi connectivity index (χ3n) is 3.00. The SMILES string of the molecule is COc1cc(C)ccc1OCCNC(=O)c1ccccc1. The summed E-state index contributed by atoms with van der Waals surface area (Å²) in [5, 5.41) is 2.81. The van der Waals surface area contributed by atoms with Crippen LogP contribution in [0.25, 0.3) is 0 Å². The van der Waals surface area contributed by atoms with Crippen molar-refractivity contribution >= 4 is 5.91 Å². The minimum absolute atomic E-state index is 0.102. The Hall–Kier alpha value is -2.49. The molecule has 2 aromatic rings. The zero-order valence-electron chi connectivity index (χ0n) is 12.3. The first kappa shape index (κ1) is 14.9. The molecule has 110 valence electrons. The van der Waals surface area contributed by atoms with Crippen LogP contribution in [0.2, 0.25) is 0 Å². The van der Waals surface area contributed by atoms with Crippen molar-refractivity contribution in [3.63, 3.8) is 0 Å². The first-order valence-corrected chi connectivity index (χ1v) is 6.81. The van der Waals surface area contributed by atoms with Crippen molar-refractivity contribution < 1.29 is 14.3 Å². The lowest BCUT2D eigenvalue weighted by atomic mass is 10.2. The van der Waals surface area contributed by atoms with E-state index in [1.54, 1.807) is 19.2 Å². The molecule has 0 radical (unpaired) electrons. The molecule has 0 aromatic heterocycles. The Labute approximate surface area is 124 Å². The Kier molecular flexibility index (Phi) is 5.21. The molecule has 0 saturated carbocycles. The highest BCUT2D eigenvalue weighted by Crippen LogP contribution is 2.27. The fraction of sp³-hybridized carbons (Fsp3) is 0.235. The van der Waals surface area contributed by atoms with Crippen LogP contribution >= 0.6 is 0 Å². The topological polar surface area (TPSA) is 47.6 Å². The van der Waals surface area contributed by atoms with Crippen LogP contribution in [0.15, 0.2) is 48.5 Å². The fourth-order valence-corrected chi connectivity index (χ4v) is 1.91. The number of carbonyl (C=O) groups is 1. The van der Waals surface area contributed by atoms with Gasteiger partial charge in [0.1, 0.15) is 6.61 Å². The number of hydrogen-bond donors (Lipinski definition) is 1. The second-order valence-corrected chi connectivity index (χ2v) is 4.62. The summed E-state index contributed by atoms with van der Waals surface area (Å²) >= 11 is 0. The van der Waals surface area contributed by atoms with Crippen LogP contribution in [0.1, 0.15) is 15.9 Å². The molecule has 0 spiro atoms. The average molecular weight is 285 g/mol. The van der Waals surface area contributed by atoms with Gasteiger partial charge in [0.25, 0.3) is 5.91 Å². The number of ether oxygens (including phenoxy) is 2. The Morgan fingerprint density at radius 2 is 1.86 bits per heavy atom. The summed E-state index contributed by atoms with van der Waals surface area (Å²) in [7, 11) is 1.61. The summed E-state index contributed by atoms with van der Waals surface area (Å²) in [6, 6.07) is 14.8. The van der Waals surface area contributed by atoms with Crippen LogP contribution in [0.5, 0.6) is 11.5 Å². The number of aryl methyl sites for hydroxylation is 1. The maximum Gasteiger partial charge on any atom is 0.251 e. The number of nitrogens with one attached hydrogen (secondary N) is 1. The van der Waals surface area contributed by atoms with Crippen LogP contribution in [-0.2, 0) is 0 Å². The molecule has 0 aliphatic rings. The van der Waals surface area contributed by atoms with Gasteiger partial charge in [-0.3, -0.25) is 4.79 Å². The van der Waals surface area contributed by atoms with Gasteiger partial charge >= 0.3 is 0 Å². The van der Waals surface area contributed by atoms with Crippen molar-refractivity contribution in [2.75, 3.05) is 20.3 Å². The minimum Gasteiger partial charge on any atom is -0.493 e. The number of methoxy groups -OCH3 is 1. The second kappa shape index (κ2) is 7.33. The van der Waals surface area contributed by atoms with Gasteiger partial charge in [0.05, 0.1) is 13.7 Å². The van der Waals surface area contributed by atoms with Crippen molar-refractivity contribution in [1.29, 1.82) is 0 Å². The van der Waals surface area contributed by atoms with E-state index >= 15 is 0 Å². The summed E-state index contributed by atoms with van der Waals surface area (Å²) in [5.41, 5.74) is 1.75. The highest BCUT2D eigenvalue weighted by molar-refractivity contribution is 5.94. The number of carbonyl (C=O) groups excluding carboxylic acids is 1. The quantitative estimate of drug-likeness (QED) is 0.830. The molecule has 0 fully saturated rings. The molecule has 1 N–H and O–H groups in total. The molecule has 2 rings (SSSR count). The van der Waals surface area contributed by atoms with E-state index in [9.17, 15) is 4.79 Å². The van der Waals surface area contributed by atoms with Crippen molar-refractivity contribution in [3.8, 4) is 11.5 Å². The van der Waals surface area contributed by atoms with Gasteiger partial charge in [-0.05, 0) is 36.8 Å². The normalized spacial score (nSPS) is 10.0. The van der Waals surface area contributed by atoms with Crippen molar-refractivity contribution in [1.82, 2.24) is 5.32 Å². The zero-order chi connectivity index (χ0) is 15.1. The minimum atomic E-state index is -0.102. The lowest BCUT2D eigenvalue weighted by Gasteiger charge is -2.11. The molecular formula is C17H19NO3. The third-order valence-corrected chi connectivity index (χ3v) is 3.00. The molecular weight excluding hydrogens is 266 g/mol. The molecule has 0 atom stereocenters. The highest BCUT2D eigenvalue weighted by atomic mass is 16.5. The van der Waals surface area contributed by atoms with Gasteiger partial charge in [0.15, 0.2) is 11.5 Å². The summed E-state index contributed by atoms with van der Waals surface area (Å²) in [4.78, 5) is 11.8. The maximum absolute atomic E-state index is 11.8. The Bertz CT molecular complexity index is 596. The average Bonchev–Trinajstić information content (AvgIpc) is 2.53. The van der Waals surface area contributed by atoms with Crippen LogP contribution in [0, 0.1) is 6.92 Å².